The Labute approximate surface area is 172 Å². The largest absolute Gasteiger partial charge is 0.450 e. The second-order valence-electron chi connectivity index (χ2n) is 7.44. The van der Waals surface area contributed by atoms with Gasteiger partial charge in [0.05, 0.1) is 16.6 Å². The fourth-order valence-electron chi connectivity index (χ4n) is 4.78. The van der Waals surface area contributed by atoms with Crippen molar-refractivity contribution in [1.29, 1.82) is 0 Å². The highest BCUT2D eigenvalue weighted by Gasteiger charge is 2.64. The van der Waals surface area contributed by atoms with Crippen LogP contribution in [-0.2, 0) is 10.3 Å². The number of carbonyl (C=O) groups excluding carboxylic acids is 2. The standard InChI is InChI=1S/C23H20N2O5/c1-2-24-16-10-5-4-9-15(16)23(22(24)29)18-19(27)14-8-3-6-11-17(14)30-20(18)21(28)25(23)12-7-13-26/h3-6,8-11,26H,2,7,12-13H2,1H3/t23-/m1/s1. The van der Waals surface area contributed by atoms with E-state index >= 15 is 0 Å². The molecular weight excluding hydrogens is 384 g/mol. The Hall–Kier alpha value is -3.45. The van der Waals surface area contributed by atoms with Crippen LogP contribution in [0.15, 0.2) is 57.7 Å². The summed E-state index contributed by atoms with van der Waals surface area (Å²) in [6.07, 6.45) is 0.275. The van der Waals surface area contributed by atoms with Crippen molar-refractivity contribution in [2.75, 3.05) is 24.6 Å². The Bertz CT molecular complexity index is 1260. The lowest BCUT2D eigenvalue weighted by Crippen LogP contribution is -2.53. The number of amides is 2. The molecule has 0 fully saturated rings. The van der Waals surface area contributed by atoms with Gasteiger partial charge in [-0.2, -0.15) is 0 Å². The monoisotopic (exact) mass is 404 g/mol. The van der Waals surface area contributed by atoms with Gasteiger partial charge in [0.2, 0.25) is 5.76 Å². The van der Waals surface area contributed by atoms with Gasteiger partial charge in [-0.05, 0) is 31.5 Å². The predicted molar refractivity (Wildman–Crippen MR) is 110 cm³/mol. The van der Waals surface area contributed by atoms with Crippen LogP contribution in [0.25, 0.3) is 11.0 Å². The molecule has 1 spiro atoms. The zero-order chi connectivity index (χ0) is 21.0. The molecule has 7 nitrogen and oxygen atoms in total. The number of nitrogens with zero attached hydrogens (tertiary/aromatic N) is 2. The first-order chi connectivity index (χ1) is 14.6. The highest BCUT2D eigenvalue weighted by Crippen LogP contribution is 2.52. The summed E-state index contributed by atoms with van der Waals surface area (Å²) >= 11 is 0. The number of fused-ring (bicyclic) bond motifs is 5. The Morgan fingerprint density at radius 1 is 1.03 bits per heavy atom. The molecule has 1 N–H and O–H groups in total. The highest BCUT2D eigenvalue weighted by molar-refractivity contribution is 6.17. The van der Waals surface area contributed by atoms with Gasteiger partial charge < -0.3 is 19.3 Å². The van der Waals surface area contributed by atoms with Crippen LogP contribution < -0.4 is 10.3 Å². The van der Waals surface area contributed by atoms with E-state index in [0.29, 0.717) is 28.8 Å². The van der Waals surface area contributed by atoms with Crippen molar-refractivity contribution in [3.05, 3.63) is 75.6 Å². The Morgan fingerprint density at radius 2 is 1.77 bits per heavy atom. The van der Waals surface area contributed by atoms with Crippen LogP contribution in [0, 0.1) is 0 Å². The quantitative estimate of drug-likeness (QED) is 0.720. The Morgan fingerprint density at radius 3 is 2.53 bits per heavy atom. The molecular formula is C23H20N2O5. The molecule has 1 atom stereocenters. The zero-order valence-corrected chi connectivity index (χ0v) is 16.4. The van der Waals surface area contributed by atoms with Crippen LogP contribution in [0.1, 0.15) is 35.0 Å². The topological polar surface area (TPSA) is 91.1 Å². The van der Waals surface area contributed by atoms with Crippen LogP contribution in [0.3, 0.4) is 0 Å². The lowest BCUT2D eigenvalue weighted by atomic mass is 9.84. The van der Waals surface area contributed by atoms with E-state index in [1.54, 1.807) is 41.3 Å². The number of benzene rings is 2. The molecule has 2 aliphatic heterocycles. The number of hydrogen-bond acceptors (Lipinski definition) is 5. The molecule has 152 valence electrons. The Kier molecular flexibility index (Phi) is 4.04. The van der Waals surface area contributed by atoms with Gasteiger partial charge in [0.15, 0.2) is 11.0 Å². The summed E-state index contributed by atoms with van der Waals surface area (Å²) < 4.78 is 5.90. The van der Waals surface area contributed by atoms with Crippen molar-refractivity contribution in [3.63, 3.8) is 0 Å². The van der Waals surface area contributed by atoms with Crippen LogP contribution in [0.2, 0.25) is 0 Å². The molecule has 3 aromatic rings. The van der Waals surface area contributed by atoms with Gasteiger partial charge in [-0.3, -0.25) is 14.4 Å². The van der Waals surface area contributed by atoms with E-state index in [0.717, 1.165) is 0 Å². The fraction of sp³-hybridized carbons (Fsp3) is 0.261. The van der Waals surface area contributed by atoms with E-state index in [-0.39, 0.29) is 42.2 Å². The second-order valence-corrected chi connectivity index (χ2v) is 7.44. The van der Waals surface area contributed by atoms with E-state index in [1.807, 2.05) is 19.1 Å². The number of hydrogen-bond donors (Lipinski definition) is 1. The smallest absolute Gasteiger partial charge is 0.291 e. The third-order valence-corrected chi connectivity index (χ3v) is 6.00. The average Bonchev–Trinajstić information content (AvgIpc) is 3.16. The first-order valence-electron chi connectivity index (χ1n) is 9.98. The summed E-state index contributed by atoms with van der Waals surface area (Å²) in [6.45, 7) is 2.22. The van der Waals surface area contributed by atoms with Crippen molar-refractivity contribution in [3.8, 4) is 0 Å². The molecule has 2 aliphatic rings. The van der Waals surface area contributed by atoms with Crippen LogP contribution in [0.4, 0.5) is 5.69 Å². The minimum Gasteiger partial charge on any atom is -0.450 e. The van der Waals surface area contributed by atoms with Crippen molar-refractivity contribution in [2.45, 2.75) is 18.9 Å². The molecule has 0 saturated heterocycles. The molecule has 2 amide bonds. The van der Waals surface area contributed by atoms with E-state index < -0.39 is 11.4 Å². The summed E-state index contributed by atoms with van der Waals surface area (Å²) in [4.78, 5) is 44.0. The summed E-state index contributed by atoms with van der Waals surface area (Å²) in [5, 5.41) is 9.74. The lowest BCUT2D eigenvalue weighted by Gasteiger charge is -2.34. The van der Waals surface area contributed by atoms with Crippen LogP contribution >= 0.6 is 0 Å². The van der Waals surface area contributed by atoms with Crippen LogP contribution in [0.5, 0.6) is 0 Å². The normalized spacial score (nSPS) is 19.8. The SMILES string of the molecule is CCN1C(=O)[C@@]2(c3ccccc31)c1c(oc3ccccc3c1=O)C(=O)N2CCCO. The van der Waals surface area contributed by atoms with Gasteiger partial charge >= 0.3 is 0 Å². The first-order valence-corrected chi connectivity index (χ1v) is 9.98. The molecule has 0 aliphatic carbocycles. The van der Waals surface area contributed by atoms with Crippen molar-refractivity contribution in [2.24, 2.45) is 0 Å². The van der Waals surface area contributed by atoms with Gasteiger partial charge in [-0.25, -0.2) is 0 Å². The van der Waals surface area contributed by atoms with Crippen molar-refractivity contribution in [1.82, 2.24) is 4.90 Å². The molecule has 30 heavy (non-hydrogen) atoms. The fourth-order valence-corrected chi connectivity index (χ4v) is 4.78. The molecule has 0 radical (unpaired) electrons. The summed E-state index contributed by atoms with van der Waals surface area (Å²) in [7, 11) is 0. The van der Waals surface area contributed by atoms with Gasteiger partial charge in [-0.1, -0.05) is 30.3 Å². The zero-order valence-electron chi connectivity index (χ0n) is 16.4. The molecule has 0 saturated carbocycles. The number of anilines is 1. The van der Waals surface area contributed by atoms with Gasteiger partial charge in [-0.15, -0.1) is 0 Å². The van der Waals surface area contributed by atoms with E-state index in [9.17, 15) is 19.5 Å². The third kappa shape index (κ3) is 2.10. The van der Waals surface area contributed by atoms with Crippen molar-refractivity contribution >= 4 is 28.5 Å². The summed E-state index contributed by atoms with van der Waals surface area (Å²) in [5.41, 5.74) is -0.333. The number of likely N-dealkylation sites (N-methyl/N-ethyl adjacent to an activating group) is 1. The molecule has 5 rings (SSSR count). The van der Waals surface area contributed by atoms with Gasteiger partial charge in [0, 0.05) is 25.3 Å². The highest BCUT2D eigenvalue weighted by atomic mass is 16.3. The number of para-hydroxylation sites is 2. The minimum atomic E-state index is -1.58. The van der Waals surface area contributed by atoms with E-state index in [2.05, 4.69) is 0 Å². The van der Waals surface area contributed by atoms with Crippen molar-refractivity contribution < 1.29 is 19.1 Å². The maximum Gasteiger partial charge on any atom is 0.291 e. The predicted octanol–water partition coefficient (Wildman–Crippen LogP) is 2.24. The molecule has 1 aromatic heterocycles. The summed E-state index contributed by atoms with van der Waals surface area (Å²) in [5.74, 6) is -0.959. The molecule has 7 heteroatoms. The molecule has 0 unspecified atom stereocenters. The van der Waals surface area contributed by atoms with E-state index in [4.69, 9.17) is 4.42 Å². The Balaban J connectivity index is 1.92. The minimum absolute atomic E-state index is 0.0672. The summed E-state index contributed by atoms with van der Waals surface area (Å²) in [6, 6.07) is 13.9. The first kappa shape index (κ1) is 18.6. The van der Waals surface area contributed by atoms with E-state index in [1.165, 1.54) is 4.90 Å². The molecule has 3 heterocycles. The second kappa shape index (κ2) is 6.53. The maximum atomic E-state index is 13.9. The van der Waals surface area contributed by atoms with Crippen LogP contribution in [-0.4, -0.2) is 41.5 Å². The molecule has 0 bridgehead atoms. The van der Waals surface area contributed by atoms with Gasteiger partial charge in [0.25, 0.3) is 11.8 Å². The third-order valence-electron chi connectivity index (χ3n) is 6.00. The number of aliphatic hydroxyl groups is 1. The van der Waals surface area contributed by atoms with Gasteiger partial charge in [0.1, 0.15) is 5.58 Å². The number of rotatable bonds is 4. The lowest BCUT2D eigenvalue weighted by molar-refractivity contribution is -0.126. The molecule has 2 aromatic carbocycles. The average molecular weight is 404 g/mol. The maximum absolute atomic E-state index is 13.9. The number of aliphatic hydroxyl groups excluding tert-OH is 1. The number of carbonyl (C=O) groups is 2.